The molecule has 2 rings (SSSR count). The third kappa shape index (κ3) is 4.03. The molecule has 0 aliphatic rings. The summed E-state index contributed by atoms with van der Waals surface area (Å²) in [7, 11) is -3.56. The Kier molecular flexibility index (Phi) is 5.17. The quantitative estimate of drug-likeness (QED) is 0.794. The van der Waals surface area contributed by atoms with Gasteiger partial charge in [-0.3, -0.25) is 4.68 Å². The third-order valence-electron chi connectivity index (χ3n) is 2.54. The zero-order chi connectivity index (χ0) is 14.6. The van der Waals surface area contributed by atoms with Gasteiger partial charge in [0.15, 0.2) is 0 Å². The van der Waals surface area contributed by atoms with E-state index in [0.29, 0.717) is 17.3 Å². The van der Waals surface area contributed by atoms with Crippen molar-refractivity contribution in [1.29, 1.82) is 0 Å². The highest BCUT2D eigenvalue weighted by Crippen LogP contribution is 2.21. The maximum Gasteiger partial charge on any atom is 0.243 e. The molecule has 110 valence electrons. The summed E-state index contributed by atoms with van der Waals surface area (Å²) >= 11 is 7.24. The van der Waals surface area contributed by atoms with Gasteiger partial charge in [0.2, 0.25) is 10.0 Å². The molecule has 0 atom stereocenters. The molecule has 0 fully saturated rings. The Labute approximate surface area is 126 Å². The molecule has 2 N–H and O–H groups in total. The summed E-state index contributed by atoms with van der Waals surface area (Å²) in [6.07, 6.45) is 3.24. The largest absolute Gasteiger partial charge is 0.394 e. The number of thiophene rings is 1. The number of nitrogens with one attached hydrogen (secondary N) is 1. The van der Waals surface area contributed by atoms with Gasteiger partial charge in [0, 0.05) is 17.6 Å². The molecule has 0 bridgehead atoms. The molecule has 0 aromatic carbocycles. The van der Waals surface area contributed by atoms with Crippen molar-refractivity contribution in [3.8, 4) is 0 Å². The Balaban J connectivity index is 1.92. The van der Waals surface area contributed by atoms with Crippen molar-refractivity contribution in [2.75, 3.05) is 13.2 Å². The smallest absolute Gasteiger partial charge is 0.243 e. The summed E-state index contributed by atoms with van der Waals surface area (Å²) in [5, 5.41) is 12.6. The van der Waals surface area contributed by atoms with Gasteiger partial charge >= 0.3 is 0 Å². The molecule has 0 radical (unpaired) electrons. The van der Waals surface area contributed by atoms with Crippen LogP contribution in [0.1, 0.15) is 4.88 Å². The van der Waals surface area contributed by atoms with Gasteiger partial charge in [-0.2, -0.15) is 5.10 Å². The number of hydrogen-bond donors (Lipinski definition) is 2. The van der Waals surface area contributed by atoms with Crippen LogP contribution >= 0.6 is 22.9 Å². The molecule has 0 aliphatic heterocycles. The number of sulfonamides is 1. The second kappa shape index (κ2) is 6.68. The first-order chi connectivity index (χ1) is 9.51. The maximum atomic E-state index is 12.0. The number of aliphatic hydroxyl groups is 1. The second-order valence-corrected chi connectivity index (χ2v) is 7.58. The van der Waals surface area contributed by atoms with Crippen molar-refractivity contribution in [2.45, 2.75) is 17.9 Å². The Morgan fingerprint density at radius 1 is 1.45 bits per heavy atom. The lowest BCUT2D eigenvalue weighted by Crippen LogP contribution is -2.25. The fraction of sp³-hybridized carbons (Fsp3) is 0.364. The molecule has 6 nitrogen and oxygen atoms in total. The number of hydrogen-bond acceptors (Lipinski definition) is 5. The van der Waals surface area contributed by atoms with Gasteiger partial charge in [-0.25, -0.2) is 13.1 Å². The first-order valence-corrected chi connectivity index (χ1v) is 8.56. The lowest BCUT2D eigenvalue weighted by Gasteiger charge is -2.03. The molecule has 0 saturated carbocycles. The molecule has 2 heterocycles. The first kappa shape index (κ1) is 15.5. The van der Waals surface area contributed by atoms with E-state index in [1.54, 1.807) is 6.07 Å². The van der Waals surface area contributed by atoms with E-state index in [1.807, 2.05) is 6.07 Å². The summed E-state index contributed by atoms with van der Waals surface area (Å²) in [5.74, 6) is 0. The zero-order valence-electron chi connectivity index (χ0n) is 10.5. The highest BCUT2D eigenvalue weighted by molar-refractivity contribution is 7.89. The molecular formula is C11H14ClN3O3S2. The van der Waals surface area contributed by atoms with E-state index < -0.39 is 10.0 Å². The van der Waals surface area contributed by atoms with Crippen molar-refractivity contribution in [1.82, 2.24) is 14.5 Å². The fourth-order valence-corrected chi connectivity index (χ4v) is 3.66. The summed E-state index contributed by atoms with van der Waals surface area (Å²) < 4.78 is 28.6. The van der Waals surface area contributed by atoms with Crippen LogP contribution in [-0.4, -0.2) is 36.5 Å². The van der Waals surface area contributed by atoms with Crippen molar-refractivity contribution >= 4 is 33.0 Å². The van der Waals surface area contributed by atoms with Crippen LogP contribution in [0.3, 0.4) is 0 Å². The van der Waals surface area contributed by atoms with E-state index in [4.69, 9.17) is 16.7 Å². The first-order valence-electron chi connectivity index (χ1n) is 5.88. The van der Waals surface area contributed by atoms with Gasteiger partial charge < -0.3 is 5.11 Å². The van der Waals surface area contributed by atoms with Crippen molar-refractivity contribution in [3.05, 3.63) is 33.7 Å². The van der Waals surface area contributed by atoms with E-state index in [2.05, 4.69) is 9.82 Å². The predicted octanol–water partition coefficient (Wildman–Crippen LogP) is 1.11. The van der Waals surface area contributed by atoms with Crippen LogP contribution in [0.15, 0.2) is 29.4 Å². The number of aliphatic hydroxyl groups excluding tert-OH is 1. The third-order valence-corrected chi connectivity index (χ3v) is 5.25. The number of halogens is 1. The molecule has 2 aromatic rings. The van der Waals surface area contributed by atoms with E-state index in [-0.39, 0.29) is 18.0 Å². The Bertz CT molecular complexity index is 666. The molecule has 2 aromatic heterocycles. The lowest BCUT2D eigenvalue weighted by molar-refractivity contribution is 0.269. The average molecular weight is 336 g/mol. The Morgan fingerprint density at radius 3 is 2.90 bits per heavy atom. The van der Waals surface area contributed by atoms with E-state index >= 15 is 0 Å². The zero-order valence-corrected chi connectivity index (χ0v) is 12.9. The van der Waals surface area contributed by atoms with Crippen molar-refractivity contribution in [2.24, 2.45) is 0 Å². The monoisotopic (exact) mass is 335 g/mol. The number of rotatable bonds is 7. The van der Waals surface area contributed by atoms with Crippen LogP contribution < -0.4 is 4.72 Å². The molecule has 9 heteroatoms. The van der Waals surface area contributed by atoms with Crippen LogP contribution in [-0.2, 0) is 23.0 Å². The van der Waals surface area contributed by atoms with E-state index in [9.17, 15) is 8.42 Å². The Hall–Kier alpha value is -0.930. The van der Waals surface area contributed by atoms with Gasteiger partial charge in [0.05, 0.1) is 23.7 Å². The molecule has 0 aliphatic carbocycles. The minimum absolute atomic E-state index is 0.0896. The SMILES string of the molecule is O=S(=O)(NCCc1ccc(Cl)s1)c1cnn(CCO)c1. The van der Waals surface area contributed by atoms with Crippen LogP contribution in [0.5, 0.6) is 0 Å². The maximum absolute atomic E-state index is 12.0. The van der Waals surface area contributed by atoms with Gasteiger partial charge in [-0.15, -0.1) is 11.3 Å². The number of aromatic nitrogens is 2. The fourth-order valence-electron chi connectivity index (χ4n) is 1.59. The Morgan fingerprint density at radius 2 is 2.25 bits per heavy atom. The topological polar surface area (TPSA) is 84.2 Å². The predicted molar refractivity (Wildman–Crippen MR) is 77.5 cm³/mol. The summed E-state index contributed by atoms with van der Waals surface area (Å²) in [5.41, 5.74) is 0. The molecular weight excluding hydrogens is 322 g/mol. The lowest BCUT2D eigenvalue weighted by atomic mass is 10.3. The second-order valence-electron chi connectivity index (χ2n) is 4.02. The average Bonchev–Trinajstić information content (AvgIpc) is 2.99. The molecule has 20 heavy (non-hydrogen) atoms. The summed E-state index contributed by atoms with van der Waals surface area (Å²) in [6.45, 7) is 0.474. The minimum atomic E-state index is -3.56. The summed E-state index contributed by atoms with van der Waals surface area (Å²) in [6, 6.07) is 3.66. The van der Waals surface area contributed by atoms with Crippen LogP contribution in [0.2, 0.25) is 4.34 Å². The normalized spacial score (nSPS) is 11.9. The highest BCUT2D eigenvalue weighted by Gasteiger charge is 2.15. The molecule has 0 saturated heterocycles. The van der Waals surface area contributed by atoms with Crippen molar-refractivity contribution < 1.29 is 13.5 Å². The summed E-state index contributed by atoms with van der Waals surface area (Å²) in [4.78, 5) is 1.11. The highest BCUT2D eigenvalue weighted by atomic mass is 35.5. The molecule has 0 spiro atoms. The van der Waals surface area contributed by atoms with Crippen molar-refractivity contribution in [3.63, 3.8) is 0 Å². The van der Waals surface area contributed by atoms with Gasteiger partial charge in [0.25, 0.3) is 0 Å². The molecule has 0 amide bonds. The van der Waals surface area contributed by atoms with Gasteiger partial charge in [0.1, 0.15) is 4.90 Å². The number of nitrogens with zero attached hydrogens (tertiary/aromatic N) is 2. The standard InChI is InChI=1S/C11H14ClN3O3S2/c12-11-2-1-9(19-11)3-4-14-20(17,18)10-7-13-15(8-10)5-6-16/h1-2,7-8,14,16H,3-6H2. The van der Waals surface area contributed by atoms with Crippen LogP contribution in [0.4, 0.5) is 0 Å². The van der Waals surface area contributed by atoms with Crippen LogP contribution in [0.25, 0.3) is 0 Å². The minimum Gasteiger partial charge on any atom is -0.394 e. The van der Waals surface area contributed by atoms with Gasteiger partial charge in [-0.05, 0) is 18.6 Å². The van der Waals surface area contributed by atoms with Gasteiger partial charge in [-0.1, -0.05) is 11.6 Å². The van der Waals surface area contributed by atoms with Crippen LogP contribution in [0, 0.1) is 0 Å². The molecule has 0 unspecified atom stereocenters. The van der Waals surface area contributed by atoms with E-state index in [1.165, 1.54) is 28.4 Å². The van der Waals surface area contributed by atoms with E-state index in [0.717, 1.165) is 4.88 Å².